The number of halogens is 1. The molecular weight excluding hydrogens is 367 g/mol. The minimum atomic E-state index is -3.67. The molecule has 2 aromatic rings. The van der Waals surface area contributed by atoms with Crippen molar-refractivity contribution in [3.8, 4) is 0 Å². The Hall–Kier alpha value is -2.25. The van der Waals surface area contributed by atoms with Crippen molar-refractivity contribution in [1.29, 1.82) is 0 Å². The van der Waals surface area contributed by atoms with E-state index in [0.717, 1.165) is 6.42 Å². The van der Waals surface area contributed by atoms with E-state index < -0.39 is 21.7 Å². The van der Waals surface area contributed by atoms with Gasteiger partial charge in [0, 0.05) is 24.3 Å². The Balaban J connectivity index is 1.83. The number of carbonyl (C=O) groups is 1. The van der Waals surface area contributed by atoms with E-state index in [9.17, 15) is 17.6 Å². The van der Waals surface area contributed by atoms with E-state index in [0.29, 0.717) is 30.6 Å². The van der Waals surface area contributed by atoms with Crippen molar-refractivity contribution in [3.63, 3.8) is 0 Å². The Morgan fingerprint density at radius 3 is 2.41 bits per heavy atom. The first-order chi connectivity index (χ1) is 12.8. The first-order valence-electron chi connectivity index (χ1n) is 8.93. The minimum absolute atomic E-state index is 0.0932. The minimum Gasteiger partial charge on any atom is -0.322 e. The van der Waals surface area contributed by atoms with Crippen molar-refractivity contribution < 1.29 is 17.6 Å². The molecule has 2 aromatic carbocycles. The van der Waals surface area contributed by atoms with Gasteiger partial charge in [0.05, 0.1) is 4.90 Å². The molecule has 0 bridgehead atoms. The maximum Gasteiger partial charge on any atom is 0.255 e. The Labute approximate surface area is 159 Å². The molecule has 0 saturated carbocycles. The molecule has 1 fully saturated rings. The van der Waals surface area contributed by atoms with Crippen molar-refractivity contribution in [3.05, 3.63) is 59.9 Å². The van der Waals surface area contributed by atoms with Gasteiger partial charge >= 0.3 is 0 Å². The molecule has 0 spiro atoms. The lowest BCUT2D eigenvalue weighted by Crippen LogP contribution is -2.42. The molecule has 1 heterocycles. The molecule has 2 unspecified atom stereocenters. The van der Waals surface area contributed by atoms with Crippen LogP contribution in [0.4, 0.5) is 10.1 Å². The highest BCUT2D eigenvalue weighted by Crippen LogP contribution is 2.27. The van der Waals surface area contributed by atoms with Crippen molar-refractivity contribution in [1.82, 2.24) is 4.31 Å². The molecule has 1 N–H and O–H groups in total. The SMILES string of the molecule is CC1CC(C)CN(S(=O)(=O)c2cccc(C(=O)Nc3cccc(F)c3)c2)C1. The van der Waals surface area contributed by atoms with E-state index in [1.54, 1.807) is 12.1 Å². The Kier molecular flexibility index (Phi) is 5.62. The molecule has 5 nitrogen and oxygen atoms in total. The van der Waals surface area contributed by atoms with Crippen LogP contribution in [0.2, 0.25) is 0 Å². The van der Waals surface area contributed by atoms with Crippen LogP contribution in [0.15, 0.2) is 53.4 Å². The van der Waals surface area contributed by atoms with Crippen molar-refractivity contribution in [2.75, 3.05) is 18.4 Å². The number of nitrogens with zero attached hydrogens (tertiary/aromatic N) is 1. The summed E-state index contributed by atoms with van der Waals surface area (Å²) in [5, 5.41) is 2.58. The number of nitrogens with one attached hydrogen (secondary N) is 1. The molecule has 1 amide bonds. The van der Waals surface area contributed by atoms with Gasteiger partial charge in [-0.3, -0.25) is 4.79 Å². The zero-order valence-corrected chi connectivity index (χ0v) is 16.2. The molecule has 2 atom stereocenters. The van der Waals surface area contributed by atoms with Gasteiger partial charge in [0.2, 0.25) is 10.0 Å². The average Bonchev–Trinajstić information content (AvgIpc) is 2.61. The van der Waals surface area contributed by atoms with Crippen LogP contribution in [0.25, 0.3) is 0 Å². The monoisotopic (exact) mass is 390 g/mol. The molecule has 1 aliphatic rings. The van der Waals surface area contributed by atoms with E-state index in [1.165, 1.54) is 40.7 Å². The molecule has 1 saturated heterocycles. The lowest BCUT2D eigenvalue weighted by molar-refractivity contribution is 0.102. The van der Waals surface area contributed by atoms with Crippen molar-refractivity contribution >= 4 is 21.6 Å². The topological polar surface area (TPSA) is 66.5 Å². The van der Waals surface area contributed by atoms with Crippen LogP contribution in [0.5, 0.6) is 0 Å². The summed E-state index contributed by atoms with van der Waals surface area (Å²) in [6, 6.07) is 11.5. The Morgan fingerprint density at radius 1 is 1.07 bits per heavy atom. The number of hydrogen-bond donors (Lipinski definition) is 1. The number of anilines is 1. The molecule has 0 aromatic heterocycles. The van der Waals surface area contributed by atoms with Gasteiger partial charge in [-0.15, -0.1) is 0 Å². The third kappa shape index (κ3) is 4.54. The summed E-state index contributed by atoms with van der Waals surface area (Å²) < 4.78 is 40.8. The van der Waals surface area contributed by atoms with Crippen LogP contribution in [0, 0.1) is 17.7 Å². The van der Waals surface area contributed by atoms with Crippen LogP contribution < -0.4 is 5.32 Å². The predicted octanol–water partition coefficient (Wildman–Crippen LogP) is 3.74. The van der Waals surface area contributed by atoms with Crippen LogP contribution >= 0.6 is 0 Å². The van der Waals surface area contributed by atoms with Gasteiger partial charge in [0.1, 0.15) is 5.82 Å². The van der Waals surface area contributed by atoms with Crippen LogP contribution in [-0.4, -0.2) is 31.7 Å². The Morgan fingerprint density at radius 2 is 1.74 bits per heavy atom. The van der Waals surface area contributed by atoms with Crippen LogP contribution in [-0.2, 0) is 10.0 Å². The summed E-state index contributed by atoms with van der Waals surface area (Å²) in [6.45, 7) is 5.04. The highest BCUT2D eigenvalue weighted by Gasteiger charge is 2.31. The fourth-order valence-electron chi connectivity index (χ4n) is 3.52. The smallest absolute Gasteiger partial charge is 0.255 e. The van der Waals surface area contributed by atoms with E-state index in [4.69, 9.17) is 0 Å². The predicted molar refractivity (Wildman–Crippen MR) is 102 cm³/mol. The quantitative estimate of drug-likeness (QED) is 0.865. The van der Waals surface area contributed by atoms with Gasteiger partial charge in [-0.2, -0.15) is 4.31 Å². The van der Waals surface area contributed by atoms with E-state index >= 15 is 0 Å². The largest absolute Gasteiger partial charge is 0.322 e. The molecule has 27 heavy (non-hydrogen) atoms. The fraction of sp³-hybridized carbons (Fsp3) is 0.350. The molecule has 144 valence electrons. The highest BCUT2D eigenvalue weighted by molar-refractivity contribution is 7.89. The number of hydrogen-bond acceptors (Lipinski definition) is 3. The summed E-state index contributed by atoms with van der Waals surface area (Å²) in [4.78, 5) is 12.5. The van der Waals surface area contributed by atoms with Gasteiger partial charge in [0.25, 0.3) is 5.91 Å². The number of rotatable bonds is 4. The summed E-state index contributed by atoms with van der Waals surface area (Å²) in [5.74, 6) is -0.360. The molecule has 0 aliphatic carbocycles. The highest BCUT2D eigenvalue weighted by atomic mass is 32.2. The second-order valence-electron chi connectivity index (χ2n) is 7.26. The Bertz CT molecular complexity index is 936. The third-order valence-electron chi connectivity index (χ3n) is 4.65. The van der Waals surface area contributed by atoms with Gasteiger partial charge in [-0.25, -0.2) is 12.8 Å². The summed E-state index contributed by atoms with van der Waals surface area (Å²) in [5.41, 5.74) is 0.519. The number of amides is 1. The number of piperidine rings is 1. The van der Waals surface area contributed by atoms with E-state index in [-0.39, 0.29) is 10.5 Å². The zero-order valence-electron chi connectivity index (χ0n) is 15.4. The number of sulfonamides is 1. The van der Waals surface area contributed by atoms with Crippen molar-refractivity contribution in [2.24, 2.45) is 11.8 Å². The standard InChI is InChI=1S/C20H23FN2O3S/c1-14-9-15(2)13-23(12-14)27(25,26)19-8-3-5-16(10-19)20(24)22-18-7-4-6-17(21)11-18/h3-8,10-11,14-15H,9,12-13H2,1-2H3,(H,22,24). The lowest BCUT2D eigenvalue weighted by Gasteiger charge is -2.34. The lowest BCUT2D eigenvalue weighted by atomic mass is 9.94. The third-order valence-corrected chi connectivity index (χ3v) is 6.48. The molecule has 1 aliphatic heterocycles. The van der Waals surface area contributed by atoms with Crippen LogP contribution in [0.3, 0.4) is 0 Å². The molecule has 7 heteroatoms. The first kappa shape index (κ1) is 19.5. The maximum atomic E-state index is 13.3. The van der Waals surface area contributed by atoms with Crippen molar-refractivity contribution in [2.45, 2.75) is 25.2 Å². The second kappa shape index (κ2) is 7.78. The molecule has 0 radical (unpaired) electrons. The summed E-state index contributed by atoms with van der Waals surface area (Å²) in [6.07, 6.45) is 1.00. The number of carbonyl (C=O) groups excluding carboxylic acids is 1. The van der Waals surface area contributed by atoms with Gasteiger partial charge in [-0.1, -0.05) is 26.0 Å². The first-order valence-corrected chi connectivity index (χ1v) is 10.4. The van der Waals surface area contributed by atoms with Crippen LogP contribution in [0.1, 0.15) is 30.6 Å². The normalized spacial score (nSPS) is 21.0. The van der Waals surface area contributed by atoms with Gasteiger partial charge in [0.15, 0.2) is 0 Å². The zero-order chi connectivity index (χ0) is 19.6. The molecular formula is C20H23FN2O3S. The molecule has 3 rings (SSSR count). The van der Waals surface area contributed by atoms with Gasteiger partial charge < -0.3 is 5.32 Å². The number of benzene rings is 2. The summed E-state index contributed by atoms with van der Waals surface area (Å²) >= 11 is 0. The van der Waals surface area contributed by atoms with Gasteiger partial charge in [-0.05, 0) is 54.7 Å². The average molecular weight is 390 g/mol. The van der Waals surface area contributed by atoms with E-state index in [2.05, 4.69) is 5.32 Å². The summed E-state index contributed by atoms with van der Waals surface area (Å²) in [7, 11) is -3.67. The second-order valence-corrected chi connectivity index (χ2v) is 9.20. The fourth-order valence-corrected chi connectivity index (χ4v) is 5.24. The van der Waals surface area contributed by atoms with E-state index in [1.807, 2.05) is 13.8 Å². The maximum absolute atomic E-state index is 13.3.